The SMILES string of the molecule is Cc1ccc(-c2cc(C(=O)O)c3nc(CN(C)C)[nH]c3c2)c(Cl)c1. The smallest absolute Gasteiger partial charge is 0.337 e. The van der Waals surface area contributed by atoms with E-state index in [-0.39, 0.29) is 5.56 Å². The lowest BCUT2D eigenvalue weighted by Gasteiger charge is -2.07. The number of benzene rings is 2. The van der Waals surface area contributed by atoms with Gasteiger partial charge in [0.1, 0.15) is 11.3 Å². The Morgan fingerprint density at radius 1 is 1.29 bits per heavy atom. The van der Waals surface area contributed by atoms with Gasteiger partial charge >= 0.3 is 5.97 Å². The Morgan fingerprint density at radius 3 is 2.67 bits per heavy atom. The fourth-order valence-corrected chi connectivity index (χ4v) is 3.06. The summed E-state index contributed by atoms with van der Waals surface area (Å²) in [6, 6.07) is 9.25. The van der Waals surface area contributed by atoms with Crippen molar-refractivity contribution in [3.8, 4) is 11.1 Å². The molecule has 3 aromatic rings. The summed E-state index contributed by atoms with van der Waals surface area (Å²) in [5.41, 5.74) is 3.93. The first-order valence-electron chi connectivity index (χ1n) is 7.52. The van der Waals surface area contributed by atoms with Gasteiger partial charge in [-0.15, -0.1) is 0 Å². The molecule has 0 aliphatic carbocycles. The van der Waals surface area contributed by atoms with Gasteiger partial charge in [-0.25, -0.2) is 9.78 Å². The highest BCUT2D eigenvalue weighted by Gasteiger charge is 2.17. The Hall–Kier alpha value is -2.37. The molecule has 0 aliphatic heterocycles. The number of hydrogen-bond donors (Lipinski definition) is 2. The predicted molar refractivity (Wildman–Crippen MR) is 95.6 cm³/mol. The molecule has 24 heavy (non-hydrogen) atoms. The van der Waals surface area contributed by atoms with Crippen molar-refractivity contribution in [2.75, 3.05) is 14.1 Å². The van der Waals surface area contributed by atoms with Crippen LogP contribution in [0.25, 0.3) is 22.2 Å². The quantitative estimate of drug-likeness (QED) is 0.752. The van der Waals surface area contributed by atoms with E-state index in [2.05, 4.69) is 9.97 Å². The molecular weight excluding hydrogens is 326 g/mol. The van der Waals surface area contributed by atoms with E-state index in [1.807, 2.05) is 50.2 Å². The van der Waals surface area contributed by atoms with E-state index in [0.717, 1.165) is 22.5 Å². The molecule has 5 nitrogen and oxygen atoms in total. The van der Waals surface area contributed by atoms with E-state index >= 15 is 0 Å². The van der Waals surface area contributed by atoms with Crippen molar-refractivity contribution < 1.29 is 9.90 Å². The molecule has 1 heterocycles. The molecule has 0 unspecified atom stereocenters. The summed E-state index contributed by atoms with van der Waals surface area (Å²) in [4.78, 5) is 21.3. The molecule has 2 N–H and O–H groups in total. The van der Waals surface area contributed by atoms with Crippen molar-refractivity contribution in [2.24, 2.45) is 0 Å². The molecule has 124 valence electrons. The largest absolute Gasteiger partial charge is 0.478 e. The van der Waals surface area contributed by atoms with Gasteiger partial charge in [-0.3, -0.25) is 0 Å². The van der Waals surface area contributed by atoms with Gasteiger partial charge in [-0.2, -0.15) is 0 Å². The molecule has 0 saturated heterocycles. The molecule has 0 bridgehead atoms. The minimum atomic E-state index is -1.01. The number of rotatable bonds is 4. The van der Waals surface area contributed by atoms with E-state index in [9.17, 15) is 9.90 Å². The number of aromatic amines is 1. The first kappa shape index (κ1) is 16.5. The minimum absolute atomic E-state index is 0.167. The van der Waals surface area contributed by atoms with E-state index in [4.69, 9.17) is 11.6 Å². The van der Waals surface area contributed by atoms with Crippen LogP contribution in [0.3, 0.4) is 0 Å². The van der Waals surface area contributed by atoms with Crippen LogP contribution in [0.1, 0.15) is 21.7 Å². The molecule has 0 atom stereocenters. The maximum Gasteiger partial charge on any atom is 0.337 e. The maximum atomic E-state index is 11.7. The Labute approximate surface area is 144 Å². The number of imidazole rings is 1. The van der Waals surface area contributed by atoms with Crippen LogP contribution in [0, 0.1) is 6.92 Å². The third kappa shape index (κ3) is 3.13. The highest BCUT2D eigenvalue weighted by molar-refractivity contribution is 6.33. The van der Waals surface area contributed by atoms with Crippen LogP contribution in [-0.4, -0.2) is 40.0 Å². The third-order valence-electron chi connectivity index (χ3n) is 3.77. The zero-order valence-electron chi connectivity index (χ0n) is 13.7. The molecule has 0 radical (unpaired) electrons. The van der Waals surface area contributed by atoms with Crippen LogP contribution >= 0.6 is 11.6 Å². The van der Waals surface area contributed by atoms with E-state index in [0.29, 0.717) is 22.6 Å². The lowest BCUT2D eigenvalue weighted by Crippen LogP contribution is -2.11. The van der Waals surface area contributed by atoms with Crippen molar-refractivity contribution in [1.82, 2.24) is 14.9 Å². The van der Waals surface area contributed by atoms with Crippen LogP contribution in [0.4, 0.5) is 0 Å². The van der Waals surface area contributed by atoms with Gasteiger partial charge in [0.15, 0.2) is 0 Å². The molecule has 0 spiro atoms. The van der Waals surface area contributed by atoms with Crippen LogP contribution in [0.2, 0.25) is 5.02 Å². The van der Waals surface area contributed by atoms with Crippen molar-refractivity contribution >= 4 is 28.6 Å². The van der Waals surface area contributed by atoms with Gasteiger partial charge in [0.2, 0.25) is 0 Å². The first-order valence-corrected chi connectivity index (χ1v) is 7.90. The normalized spacial score (nSPS) is 11.4. The number of nitrogens with zero attached hydrogens (tertiary/aromatic N) is 2. The third-order valence-corrected chi connectivity index (χ3v) is 4.08. The number of carbonyl (C=O) groups is 1. The fourth-order valence-electron chi connectivity index (χ4n) is 2.72. The molecule has 0 saturated carbocycles. The number of halogens is 1. The average molecular weight is 344 g/mol. The topological polar surface area (TPSA) is 69.2 Å². The molecule has 3 rings (SSSR count). The van der Waals surface area contributed by atoms with Crippen LogP contribution in [0.5, 0.6) is 0 Å². The number of fused-ring (bicyclic) bond motifs is 1. The molecule has 0 aliphatic rings. The number of carboxylic acid groups (broad SMARTS) is 1. The number of aromatic carboxylic acids is 1. The van der Waals surface area contributed by atoms with Gasteiger partial charge in [0.05, 0.1) is 17.6 Å². The van der Waals surface area contributed by atoms with Gasteiger partial charge < -0.3 is 15.0 Å². The number of nitrogens with one attached hydrogen (secondary N) is 1. The molecule has 6 heteroatoms. The van der Waals surface area contributed by atoms with Crippen molar-refractivity contribution in [2.45, 2.75) is 13.5 Å². The van der Waals surface area contributed by atoms with Crippen molar-refractivity contribution in [1.29, 1.82) is 0 Å². The summed E-state index contributed by atoms with van der Waals surface area (Å²) >= 11 is 6.34. The highest BCUT2D eigenvalue weighted by Crippen LogP contribution is 2.32. The lowest BCUT2D eigenvalue weighted by molar-refractivity contribution is 0.0699. The number of carboxylic acids is 1. The number of aryl methyl sites for hydroxylation is 1. The highest BCUT2D eigenvalue weighted by atomic mass is 35.5. The number of hydrogen-bond acceptors (Lipinski definition) is 3. The van der Waals surface area contributed by atoms with Gasteiger partial charge in [0.25, 0.3) is 0 Å². The summed E-state index contributed by atoms with van der Waals surface area (Å²) in [7, 11) is 3.87. The van der Waals surface area contributed by atoms with Crippen molar-refractivity contribution in [3.05, 3.63) is 52.3 Å². The van der Waals surface area contributed by atoms with Gasteiger partial charge in [0, 0.05) is 10.6 Å². The molecule has 0 fully saturated rings. The van der Waals surface area contributed by atoms with Crippen molar-refractivity contribution in [3.63, 3.8) is 0 Å². The second kappa shape index (κ2) is 6.26. The van der Waals surface area contributed by atoms with Gasteiger partial charge in [-0.1, -0.05) is 23.7 Å². The Morgan fingerprint density at radius 2 is 2.04 bits per heavy atom. The standard InChI is InChI=1S/C18H18ClN3O2/c1-10-4-5-12(14(19)6-10)11-7-13(18(23)24)17-15(8-11)20-16(21-17)9-22(2)3/h4-8H,9H2,1-3H3,(H,20,21)(H,23,24). The zero-order chi connectivity index (χ0) is 17.4. The fraction of sp³-hybridized carbons (Fsp3) is 0.222. The van der Waals surface area contributed by atoms with Gasteiger partial charge in [-0.05, 0) is 50.3 Å². The summed E-state index contributed by atoms with van der Waals surface area (Å²) < 4.78 is 0. The van der Waals surface area contributed by atoms with E-state index in [1.54, 1.807) is 6.07 Å². The minimum Gasteiger partial charge on any atom is -0.478 e. The predicted octanol–water partition coefficient (Wildman–Crippen LogP) is 3.95. The Balaban J connectivity index is 2.21. The summed E-state index contributed by atoms with van der Waals surface area (Å²) in [6.45, 7) is 2.57. The number of H-pyrrole nitrogens is 1. The average Bonchev–Trinajstić information content (AvgIpc) is 2.87. The molecular formula is C18H18ClN3O2. The number of aromatic nitrogens is 2. The summed E-state index contributed by atoms with van der Waals surface area (Å²) in [6.07, 6.45) is 0. The molecule has 1 aromatic heterocycles. The summed E-state index contributed by atoms with van der Waals surface area (Å²) in [5, 5.41) is 10.2. The van der Waals surface area contributed by atoms with E-state index < -0.39 is 5.97 Å². The Kier molecular flexibility index (Phi) is 4.30. The lowest BCUT2D eigenvalue weighted by atomic mass is 10.0. The van der Waals surface area contributed by atoms with E-state index in [1.165, 1.54) is 0 Å². The molecule has 2 aromatic carbocycles. The zero-order valence-corrected chi connectivity index (χ0v) is 14.5. The second-order valence-corrected chi connectivity index (χ2v) is 6.54. The molecule has 0 amide bonds. The monoisotopic (exact) mass is 343 g/mol. The Bertz CT molecular complexity index is 931. The first-order chi connectivity index (χ1) is 11.3. The summed E-state index contributed by atoms with van der Waals surface area (Å²) in [5.74, 6) is -0.280. The van der Waals surface area contributed by atoms with Crippen LogP contribution < -0.4 is 0 Å². The van der Waals surface area contributed by atoms with Crippen LogP contribution in [-0.2, 0) is 6.54 Å². The van der Waals surface area contributed by atoms with Crippen LogP contribution in [0.15, 0.2) is 30.3 Å². The second-order valence-electron chi connectivity index (χ2n) is 6.13. The maximum absolute atomic E-state index is 11.7.